The van der Waals surface area contributed by atoms with Gasteiger partial charge in [-0.1, -0.05) is 54.1 Å². The van der Waals surface area contributed by atoms with Crippen LogP contribution in [0, 0.1) is 18.3 Å². The van der Waals surface area contributed by atoms with Gasteiger partial charge in [0.25, 0.3) is 0 Å². The molecule has 4 aromatic rings. The van der Waals surface area contributed by atoms with Crippen molar-refractivity contribution in [3.8, 4) is 28.7 Å². The lowest BCUT2D eigenvalue weighted by Crippen LogP contribution is -2.40. The Bertz CT molecular complexity index is 1900. The van der Waals surface area contributed by atoms with Gasteiger partial charge in [-0.05, 0) is 83.8 Å². The number of carbonyl (C=O) groups excluding carboxylic acids is 1. The third kappa shape index (κ3) is 9.44. The molecule has 0 saturated carbocycles. The van der Waals surface area contributed by atoms with Crippen LogP contribution in [0.3, 0.4) is 0 Å². The highest BCUT2D eigenvalue weighted by Crippen LogP contribution is 2.39. The molecule has 1 fully saturated rings. The Balaban J connectivity index is 1.16. The van der Waals surface area contributed by atoms with Gasteiger partial charge < -0.3 is 35.0 Å². The molecule has 0 bridgehead atoms. The molecule has 4 aromatic carbocycles. The SMILES string of the molecule is CC(=O)NCCNCc1cc(Cl)c(OCc2cccc(-c3cccc4c3CCN4CCN3CCC(O)CC3)c2C)cc1OCc1cccc(C#N)c1. The molecule has 3 N–H and O–H groups in total. The number of hydrogen-bond acceptors (Lipinski definition) is 8. The fourth-order valence-corrected chi connectivity index (χ4v) is 7.32. The molecule has 2 heterocycles. The predicted molar refractivity (Wildman–Crippen MR) is 206 cm³/mol. The van der Waals surface area contributed by atoms with Crippen molar-refractivity contribution in [2.24, 2.45) is 0 Å². The molecule has 0 unspecified atom stereocenters. The maximum atomic E-state index is 11.3. The summed E-state index contributed by atoms with van der Waals surface area (Å²) in [7, 11) is 0. The van der Waals surface area contributed by atoms with E-state index in [0.717, 1.165) is 68.7 Å². The molecule has 52 heavy (non-hydrogen) atoms. The molecule has 2 aliphatic rings. The van der Waals surface area contributed by atoms with Crippen LogP contribution < -0.4 is 25.0 Å². The minimum Gasteiger partial charge on any atom is -0.488 e. The van der Waals surface area contributed by atoms with Crippen molar-refractivity contribution in [1.29, 1.82) is 5.26 Å². The zero-order chi connectivity index (χ0) is 36.5. The van der Waals surface area contributed by atoms with E-state index in [1.165, 1.54) is 34.9 Å². The van der Waals surface area contributed by atoms with Crippen molar-refractivity contribution in [3.63, 3.8) is 0 Å². The number of rotatable bonds is 15. The van der Waals surface area contributed by atoms with Crippen LogP contribution in [-0.2, 0) is 31.0 Å². The van der Waals surface area contributed by atoms with Crippen LogP contribution >= 0.6 is 11.6 Å². The van der Waals surface area contributed by atoms with E-state index < -0.39 is 0 Å². The highest BCUT2D eigenvalue weighted by molar-refractivity contribution is 6.32. The quantitative estimate of drug-likeness (QED) is 0.121. The Morgan fingerprint density at radius 2 is 1.69 bits per heavy atom. The van der Waals surface area contributed by atoms with E-state index in [-0.39, 0.29) is 18.6 Å². The van der Waals surface area contributed by atoms with Crippen LogP contribution in [-0.4, -0.2) is 67.8 Å². The summed E-state index contributed by atoms with van der Waals surface area (Å²) in [5.41, 5.74) is 9.75. The maximum Gasteiger partial charge on any atom is 0.216 e. The minimum absolute atomic E-state index is 0.0722. The third-order valence-electron chi connectivity index (χ3n) is 10.0. The van der Waals surface area contributed by atoms with Crippen LogP contribution in [0.2, 0.25) is 5.02 Å². The number of anilines is 1. The Hall–Kier alpha value is -4.59. The van der Waals surface area contributed by atoms with Crippen LogP contribution in [0.4, 0.5) is 5.69 Å². The number of aliphatic hydroxyl groups is 1. The molecule has 0 aromatic heterocycles. The summed E-state index contributed by atoms with van der Waals surface area (Å²) >= 11 is 6.81. The normalized spacial score (nSPS) is 14.6. The minimum atomic E-state index is -0.147. The second-order valence-corrected chi connectivity index (χ2v) is 14.0. The first kappa shape index (κ1) is 37.2. The lowest BCUT2D eigenvalue weighted by molar-refractivity contribution is -0.118. The Labute approximate surface area is 312 Å². The Morgan fingerprint density at radius 3 is 2.50 bits per heavy atom. The van der Waals surface area contributed by atoms with Gasteiger partial charge in [-0.3, -0.25) is 4.79 Å². The monoisotopic (exact) mass is 721 g/mol. The Morgan fingerprint density at radius 1 is 0.923 bits per heavy atom. The van der Waals surface area contributed by atoms with Gasteiger partial charge in [-0.2, -0.15) is 5.26 Å². The standard InChI is InChI=1S/C42H48ClN5O4/c1-29-33(8-4-9-36(29)37-10-5-11-40-38(37)14-19-48(40)21-20-47-17-12-35(50)13-18-47)28-52-42-24-41(51-27-32-7-3-6-31(22-32)25-44)34(23-39(42)43)26-45-15-16-46-30(2)49/h3-11,22-24,35,45,50H,12-21,26-28H2,1-2H3,(H,46,49). The van der Waals surface area contributed by atoms with Gasteiger partial charge in [-0.25, -0.2) is 0 Å². The summed E-state index contributed by atoms with van der Waals surface area (Å²) in [6.45, 7) is 10.8. The zero-order valence-corrected chi connectivity index (χ0v) is 30.8. The lowest BCUT2D eigenvalue weighted by atomic mass is 9.92. The molecule has 1 amide bonds. The molecule has 0 radical (unpaired) electrons. The van der Waals surface area contributed by atoms with Gasteiger partial charge in [0.05, 0.1) is 22.8 Å². The summed E-state index contributed by atoms with van der Waals surface area (Å²) in [6, 6.07) is 26.3. The number of benzene rings is 4. The molecule has 10 heteroatoms. The van der Waals surface area contributed by atoms with Gasteiger partial charge in [0.1, 0.15) is 24.7 Å². The highest BCUT2D eigenvalue weighted by Gasteiger charge is 2.25. The number of carbonyl (C=O) groups is 1. The van der Waals surface area contributed by atoms with Crippen LogP contribution in [0.5, 0.6) is 11.5 Å². The summed E-state index contributed by atoms with van der Waals surface area (Å²) in [6.07, 6.45) is 2.60. The molecular weight excluding hydrogens is 674 g/mol. The van der Waals surface area contributed by atoms with E-state index in [0.29, 0.717) is 48.3 Å². The van der Waals surface area contributed by atoms with Crippen molar-refractivity contribution in [3.05, 3.63) is 111 Å². The van der Waals surface area contributed by atoms with Crippen molar-refractivity contribution in [1.82, 2.24) is 15.5 Å². The average Bonchev–Trinajstić information content (AvgIpc) is 3.57. The van der Waals surface area contributed by atoms with Gasteiger partial charge in [0.2, 0.25) is 5.91 Å². The number of aliphatic hydroxyl groups excluding tert-OH is 1. The van der Waals surface area contributed by atoms with Crippen LogP contribution in [0.15, 0.2) is 72.8 Å². The number of piperidine rings is 1. The van der Waals surface area contributed by atoms with Gasteiger partial charge in [0.15, 0.2) is 0 Å². The van der Waals surface area contributed by atoms with Crippen molar-refractivity contribution < 1.29 is 19.4 Å². The first-order valence-electron chi connectivity index (χ1n) is 18.2. The lowest BCUT2D eigenvalue weighted by Gasteiger charge is -2.31. The second-order valence-electron chi connectivity index (χ2n) is 13.6. The average molecular weight is 722 g/mol. The molecule has 0 aliphatic carbocycles. The number of hydrogen-bond donors (Lipinski definition) is 3. The highest BCUT2D eigenvalue weighted by atomic mass is 35.5. The fraction of sp³-hybridized carbons (Fsp3) is 0.381. The van der Waals surface area contributed by atoms with Crippen LogP contribution in [0.1, 0.15) is 53.1 Å². The number of nitrogens with zero attached hydrogens (tertiary/aromatic N) is 3. The second kappa shape index (κ2) is 17.8. The largest absolute Gasteiger partial charge is 0.488 e. The van der Waals surface area contributed by atoms with Crippen molar-refractivity contribution in [2.75, 3.05) is 50.7 Å². The summed E-state index contributed by atoms with van der Waals surface area (Å²) < 4.78 is 12.7. The smallest absolute Gasteiger partial charge is 0.216 e. The van der Waals surface area contributed by atoms with Crippen LogP contribution in [0.25, 0.3) is 11.1 Å². The predicted octanol–water partition coefficient (Wildman–Crippen LogP) is 6.39. The van der Waals surface area contributed by atoms with E-state index in [4.69, 9.17) is 21.1 Å². The molecule has 272 valence electrons. The van der Waals surface area contributed by atoms with E-state index in [2.05, 4.69) is 69.8 Å². The Kier molecular flexibility index (Phi) is 12.7. The number of nitriles is 1. The summed E-state index contributed by atoms with van der Waals surface area (Å²) in [4.78, 5) is 16.2. The molecule has 0 spiro atoms. The summed E-state index contributed by atoms with van der Waals surface area (Å²) in [5.74, 6) is 1.08. The van der Waals surface area contributed by atoms with E-state index in [1.54, 1.807) is 6.07 Å². The number of likely N-dealkylation sites (tertiary alicyclic amines) is 1. The molecular formula is C42H48ClN5O4. The van der Waals surface area contributed by atoms with Gasteiger partial charge in [-0.15, -0.1) is 0 Å². The van der Waals surface area contributed by atoms with Crippen molar-refractivity contribution >= 4 is 23.2 Å². The first-order valence-corrected chi connectivity index (χ1v) is 18.5. The van der Waals surface area contributed by atoms with E-state index >= 15 is 0 Å². The maximum absolute atomic E-state index is 11.3. The number of nitrogens with one attached hydrogen (secondary N) is 2. The molecule has 6 rings (SSSR count). The van der Waals surface area contributed by atoms with Gasteiger partial charge >= 0.3 is 0 Å². The zero-order valence-electron chi connectivity index (χ0n) is 30.1. The number of ether oxygens (including phenoxy) is 2. The third-order valence-corrected chi connectivity index (χ3v) is 10.3. The molecule has 0 atom stereocenters. The molecule has 2 aliphatic heterocycles. The van der Waals surface area contributed by atoms with E-state index in [9.17, 15) is 15.2 Å². The van der Waals surface area contributed by atoms with Gasteiger partial charge in [0, 0.05) is 76.6 Å². The molecule has 1 saturated heterocycles. The topological polar surface area (TPSA) is 110 Å². The summed E-state index contributed by atoms with van der Waals surface area (Å²) in [5, 5.41) is 25.8. The molecule has 9 nitrogen and oxygen atoms in total. The first-order chi connectivity index (χ1) is 25.3. The fourth-order valence-electron chi connectivity index (χ4n) is 7.08. The number of fused-ring (bicyclic) bond motifs is 1. The number of halogens is 1. The van der Waals surface area contributed by atoms with Crippen molar-refractivity contribution in [2.45, 2.75) is 59.0 Å². The number of amides is 1. The van der Waals surface area contributed by atoms with E-state index in [1.807, 2.05) is 30.3 Å².